The van der Waals surface area contributed by atoms with E-state index in [0.29, 0.717) is 11.3 Å². The SMILES string of the molecule is O=C(O)CNc1ncc(-c2ccccc2)n(CC(=O)NCc2cc3cnccc3[nH]2)c1=O. The van der Waals surface area contributed by atoms with Crippen LogP contribution in [0.2, 0.25) is 0 Å². The van der Waals surface area contributed by atoms with E-state index < -0.39 is 18.1 Å². The molecule has 10 heteroatoms. The number of nitrogens with zero attached hydrogens (tertiary/aromatic N) is 3. The van der Waals surface area contributed by atoms with Gasteiger partial charge in [-0.2, -0.15) is 0 Å². The molecule has 3 aromatic heterocycles. The molecule has 162 valence electrons. The number of carbonyl (C=O) groups is 2. The number of rotatable bonds is 8. The molecule has 0 aliphatic rings. The molecule has 0 radical (unpaired) electrons. The number of aromatic amines is 1. The van der Waals surface area contributed by atoms with Crippen molar-refractivity contribution in [3.05, 3.63) is 77.1 Å². The molecule has 0 saturated heterocycles. The van der Waals surface area contributed by atoms with E-state index in [1.54, 1.807) is 24.5 Å². The smallest absolute Gasteiger partial charge is 0.322 e. The van der Waals surface area contributed by atoms with Gasteiger partial charge in [0.2, 0.25) is 5.91 Å². The van der Waals surface area contributed by atoms with Crippen molar-refractivity contribution in [2.75, 3.05) is 11.9 Å². The van der Waals surface area contributed by atoms with E-state index in [9.17, 15) is 14.4 Å². The summed E-state index contributed by atoms with van der Waals surface area (Å²) in [6.45, 7) is -0.471. The number of fused-ring (bicyclic) bond motifs is 1. The number of anilines is 1. The molecule has 0 fully saturated rings. The first-order valence-corrected chi connectivity index (χ1v) is 9.80. The van der Waals surface area contributed by atoms with Gasteiger partial charge < -0.3 is 20.7 Å². The van der Waals surface area contributed by atoms with Crippen LogP contribution in [0.25, 0.3) is 22.2 Å². The van der Waals surface area contributed by atoms with Crippen LogP contribution in [-0.2, 0) is 22.7 Å². The second-order valence-corrected chi connectivity index (χ2v) is 7.03. The Kier molecular flexibility index (Phi) is 5.93. The maximum absolute atomic E-state index is 13.0. The highest BCUT2D eigenvalue weighted by Gasteiger charge is 2.15. The van der Waals surface area contributed by atoms with Crippen molar-refractivity contribution >= 4 is 28.6 Å². The highest BCUT2D eigenvalue weighted by molar-refractivity contribution is 5.80. The number of nitrogens with one attached hydrogen (secondary N) is 3. The van der Waals surface area contributed by atoms with Crippen molar-refractivity contribution in [2.45, 2.75) is 13.1 Å². The van der Waals surface area contributed by atoms with Crippen molar-refractivity contribution in [3.8, 4) is 11.3 Å². The molecule has 1 amide bonds. The zero-order valence-corrected chi connectivity index (χ0v) is 16.9. The summed E-state index contributed by atoms with van der Waals surface area (Å²) in [6, 6.07) is 12.8. The third-order valence-electron chi connectivity index (χ3n) is 4.79. The third kappa shape index (κ3) is 4.64. The Balaban J connectivity index is 1.56. The first-order valence-electron chi connectivity index (χ1n) is 9.80. The summed E-state index contributed by atoms with van der Waals surface area (Å²) >= 11 is 0. The second-order valence-electron chi connectivity index (χ2n) is 7.03. The second kappa shape index (κ2) is 9.13. The van der Waals surface area contributed by atoms with E-state index in [2.05, 4.69) is 25.6 Å². The molecular weight excluding hydrogens is 412 g/mol. The van der Waals surface area contributed by atoms with Crippen molar-refractivity contribution in [1.82, 2.24) is 24.8 Å². The number of hydrogen-bond donors (Lipinski definition) is 4. The van der Waals surface area contributed by atoms with Gasteiger partial charge in [0.05, 0.1) is 18.4 Å². The average Bonchev–Trinajstić information content (AvgIpc) is 3.22. The summed E-state index contributed by atoms with van der Waals surface area (Å²) in [5.74, 6) is -1.64. The Labute approximate surface area is 182 Å². The Bertz CT molecular complexity index is 1300. The molecule has 1 aromatic carbocycles. The van der Waals surface area contributed by atoms with E-state index in [-0.39, 0.29) is 24.8 Å². The summed E-state index contributed by atoms with van der Waals surface area (Å²) in [5.41, 5.74) is 2.28. The molecule has 4 rings (SSSR count). The summed E-state index contributed by atoms with van der Waals surface area (Å²) in [4.78, 5) is 47.8. The van der Waals surface area contributed by atoms with Crippen LogP contribution in [0, 0.1) is 0 Å². The number of aromatic nitrogens is 4. The monoisotopic (exact) mass is 432 g/mol. The number of carbonyl (C=O) groups excluding carboxylic acids is 1. The van der Waals surface area contributed by atoms with E-state index in [1.165, 1.54) is 10.8 Å². The van der Waals surface area contributed by atoms with Gasteiger partial charge in [0.25, 0.3) is 5.56 Å². The van der Waals surface area contributed by atoms with Gasteiger partial charge in [0.15, 0.2) is 5.82 Å². The van der Waals surface area contributed by atoms with Gasteiger partial charge in [-0.3, -0.25) is 23.9 Å². The molecule has 3 heterocycles. The molecule has 32 heavy (non-hydrogen) atoms. The lowest BCUT2D eigenvalue weighted by atomic mass is 10.1. The minimum absolute atomic E-state index is 0.136. The minimum Gasteiger partial charge on any atom is -0.480 e. The van der Waals surface area contributed by atoms with E-state index in [1.807, 2.05) is 30.3 Å². The number of benzene rings is 1. The van der Waals surface area contributed by atoms with Crippen LogP contribution in [0.1, 0.15) is 5.69 Å². The fraction of sp³-hybridized carbons (Fsp3) is 0.136. The molecular formula is C22H20N6O4. The zero-order valence-electron chi connectivity index (χ0n) is 16.9. The number of pyridine rings is 1. The maximum Gasteiger partial charge on any atom is 0.322 e. The Morgan fingerprint density at radius 3 is 2.69 bits per heavy atom. The standard InChI is InChI=1S/C22H20N6O4/c29-19(24-10-16-8-15-9-23-7-6-17(15)27-16)13-28-18(14-4-2-1-3-5-14)11-25-21(22(28)32)26-12-20(30)31/h1-9,11,27H,10,12-13H2,(H,24,29)(H,25,26)(H,30,31). The van der Waals surface area contributed by atoms with E-state index >= 15 is 0 Å². The summed E-state index contributed by atoms with van der Waals surface area (Å²) in [5, 5.41) is 15.1. The van der Waals surface area contributed by atoms with Crippen molar-refractivity contribution in [2.24, 2.45) is 0 Å². The van der Waals surface area contributed by atoms with Gasteiger partial charge in [-0.15, -0.1) is 0 Å². The molecule has 0 aliphatic heterocycles. The van der Waals surface area contributed by atoms with Gasteiger partial charge in [-0.05, 0) is 17.7 Å². The highest BCUT2D eigenvalue weighted by atomic mass is 16.4. The van der Waals surface area contributed by atoms with Gasteiger partial charge in [0.1, 0.15) is 13.1 Å². The topological polar surface area (TPSA) is 142 Å². The van der Waals surface area contributed by atoms with Gasteiger partial charge in [-0.1, -0.05) is 30.3 Å². The number of aliphatic carboxylic acids is 1. The largest absolute Gasteiger partial charge is 0.480 e. The summed E-state index contributed by atoms with van der Waals surface area (Å²) in [7, 11) is 0. The average molecular weight is 432 g/mol. The van der Waals surface area contributed by atoms with Crippen LogP contribution >= 0.6 is 0 Å². The first-order chi connectivity index (χ1) is 15.5. The molecule has 0 saturated carbocycles. The normalized spacial score (nSPS) is 10.8. The molecule has 4 N–H and O–H groups in total. The molecule has 0 atom stereocenters. The number of carboxylic acids is 1. The lowest BCUT2D eigenvalue weighted by Gasteiger charge is -2.14. The van der Waals surface area contributed by atoms with Crippen LogP contribution < -0.4 is 16.2 Å². The number of H-pyrrole nitrogens is 1. The van der Waals surface area contributed by atoms with Crippen molar-refractivity contribution in [1.29, 1.82) is 0 Å². The summed E-state index contributed by atoms with van der Waals surface area (Å²) in [6.07, 6.45) is 4.85. The van der Waals surface area contributed by atoms with Crippen LogP contribution in [0.15, 0.2) is 65.8 Å². The van der Waals surface area contributed by atoms with Crippen molar-refractivity contribution in [3.63, 3.8) is 0 Å². The van der Waals surface area contributed by atoms with Crippen LogP contribution in [0.4, 0.5) is 5.82 Å². The van der Waals surface area contributed by atoms with E-state index in [4.69, 9.17) is 5.11 Å². The van der Waals surface area contributed by atoms with Crippen LogP contribution in [-0.4, -0.2) is 43.0 Å². The van der Waals surface area contributed by atoms with Gasteiger partial charge in [-0.25, -0.2) is 4.98 Å². The fourth-order valence-corrected chi connectivity index (χ4v) is 3.29. The lowest BCUT2D eigenvalue weighted by Crippen LogP contribution is -2.34. The van der Waals surface area contributed by atoms with Gasteiger partial charge >= 0.3 is 5.97 Å². The number of hydrogen-bond acceptors (Lipinski definition) is 6. The molecule has 0 bridgehead atoms. The Hall–Kier alpha value is -4.47. The molecule has 0 aliphatic carbocycles. The fourth-order valence-electron chi connectivity index (χ4n) is 3.29. The quantitative estimate of drug-likeness (QED) is 0.331. The third-order valence-corrected chi connectivity index (χ3v) is 4.79. The van der Waals surface area contributed by atoms with Crippen LogP contribution in [0.3, 0.4) is 0 Å². The molecule has 0 unspecified atom stereocenters. The highest BCUT2D eigenvalue weighted by Crippen LogP contribution is 2.18. The molecule has 10 nitrogen and oxygen atoms in total. The zero-order chi connectivity index (χ0) is 22.5. The number of amides is 1. The summed E-state index contributed by atoms with van der Waals surface area (Å²) < 4.78 is 1.27. The Morgan fingerprint density at radius 1 is 1.12 bits per heavy atom. The predicted octanol–water partition coefficient (Wildman–Crippen LogP) is 1.60. The first kappa shape index (κ1) is 20.8. The van der Waals surface area contributed by atoms with Crippen LogP contribution in [0.5, 0.6) is 0 Å². The maximum atomic E-state index is 13.0. The van der Waals surface area contributed by atoms with Crippen molar-refractivity contribution < 1.29 is 14.7 Å². The minimum atomic E-state index is -1.13. The lowest BCUT2D eigenvalue weighted by molar-refractivity contribution is -0.135. The predicted molar refractivity (Wildman–Crippen MR) is 118 cm³/mol. The molecule has 0 spiro atoms. The number of carboxylic acid groups (broad SMARTS) is 1. The van der Waals surface area contributed by atoms with E-state index in [0.717, 1.165) is 16.6 Å². The Morgan fingerprint density at radius 2 is 1.94 bits per heavy atom. The van der Waals surface area contributed by atoms with Gasteiger partial charge in [0, 0.05) is 29.0 Å². The molecule has 4 aromatic rings.